The summed E-state index contributed by atoms with van der Waals surface area (Å²) in [7, 11) is -4.04. The van der Waals surface area contributed by atoms with Gasteiger partial charge in [-0.2, -0.15) is 0 Å². The van der Waals surface area contributed by atoms with Gasteiger partial charge in [-0.25, -0.2) is 21.9 Å². The number of fused-ring (bicyclic) bond motifs is 1. The maximum Gasteiger partial charge on any atom is 0.269 e. The Morgan fingerprint density at radius 3 is 2.62 bits per heavy atom. The van der Waals surface area contributed by atoms with Gasteiger partial charge in [0, 0.05) is 37.8 Å². The number of nitrogens with one attached hydrogen (secondary N) is 1. The normalized spacial score (nSPS) is 14.6. The first-order chi connectivity index (χ1) is 13.8. The number of nitrogens with zero attached hydrogens (tertiary/aromatic N) is 2. The Balaban J connectivity index is 1.46. The third kappa shape index (κ3) is 5.34. The molecule has 0 fully saturated rings. The van der Waals surface area contributed by atoms with E-state index in [-0.39, 0.29) is 12.2 Å². The average Bonchev–Trinajstić information content (AvgIpc) is 2.66. The molecule has 1 aliphatic heterocycles. The monoisotopic (exact) mass is 425 g/mol. The topological polar surface area (TPSA) is 92.6 Å². The van der Waals surface area contributed by atoms with E-state index < -0.39 is 31.5 Å². The van der Waals surface area contributed by atoms with Crippen LogP contribution in [0.3, 0.4) is 0 Å². The molecule has 0 unspecified atom stereocenters. The fourth-order valence-electron chi connectivity index (χ4n) is 3.34. The highest BCUT2D eigenvalue weighted by molar-refractivity contribution is 7.89. The lowest BCUT2D eigenvalue weighted by Crippen LogP contribution is -2.32. The summed E-state index contributed by atoms with van der Waals surface area (Å²) in [6, 6.07) is 7.26. The molecule has 0 saturated heterocycles. The SMILES string of the molecule is O=[N+]([O-])c1ccc2c(c1)CN(CCCCNS(=O)(=O)c1ccc(F)cc1F)CC2. The largest absolute Gasteiger partial charge is 0.299 e. The summed E-state index contributed by atoms with van der Waals surface area (Å²) in [5, 5.41) is 10.9. The standard InChI is InChI=1S/C19H21F2N3O4S/c20-16-4-6-19(18(21)12-16)29(27,28)22-8-1-2-9-23-10-7-14-3-5-17(24(25)26)11-15(14)13-23/h3-6,11-12,22H,1-2,7-10,13H2. The van der Waals surface area contributed by atoms with Crippen LogP contribution in [-0.2, 0) is 23.0 Å². The Bertz CT molecular complexity index is 1010. The van der Waals surface area contributed by atoms with Gasteiger partial charge in [0.05, 0.1) is 4.92 Å². The molecule has 29 heavy (non-hydrogen) atoms. The lowest BCUT2D eigenvalue weighted by Gasteiger charge is -2.28. The van der Waals surface area contributed by atoms with Gasteiger partial charge in [-0.05, 0) is 49.1 Å². The first-order valence-corrected chi connectivity index (χ1v) is 10.7. The Morgan fingerprint density at radius 1 is 1.10 bits per heavy atom. The minimum absolute atomic E-state index is 0.0769. The van der Waals surface area contributed by atoms with Crippen molar-refractivity contribution in [1.82, 2.24) is 9.62 Å². The van der Waals surface area contributed by atoms with E-state index in [2.05, 4.69) is 9.62 Å². The van der Waals surface area contributed by atoms with E-state index in [0.717, 1.165) is 42.8 Å². The van der Waals surface area contributed by atoms with E-state index in [1.807, 2.05) is 0 Å². The second kappa shape index (κ2) is 8.93. The van der Waals surface area contributed by atoms with Crippen molar-refractivity contribution < 1.29 is 22.1 Å². The van der Waals surface area contributed by atoms with Crippen molar-refractivity contribution >= 4 is 15.7 Å². The van der Waals surface area contributed by atoms with Crippen LogP contribution in [0.4, 0.5) is 14.5 Å². The number of non-ortho nitro benzene ring substituents is 1. The molecule has 0 amide bonds. The molecule has 10 heteroatoms. The van der Waals surface area contributed by atoms with Crippen molar-refractivity contribution in [1.29, 1.82) is 0 Å². The molecular formula is C19H21F2N3O4S. The van der Waals surface area contributed by atoms with Crippen LogP contribution >= 0.6 is 0 Å². The van der Waals surface area contributed by atoms with Crippen LogP contribution < -0.4 is 4.72 Å². The van der Waals surface area contributed by atoms with Gasteiger partial charge in [0.15, 0.2) is 0 Å². The van der Waals surface area contributed by atoms with Crippen LogP contribution in [0.25, 0.3) is 0 Å². The summed E-state index contributed by atoms with van der Waals surface area (Å²) >= 11 is 0. The number of benzene rings is 2. The predicted molar refractivity (Wildman–Crippen MR) is 103 cm³/mol. The molecule has 0 radical (unpaired) electrons. The molecule has 3 rings (SSSR count). The number of hydrogen-bond donors (Lipinski definition) is 1. The summed E-state index contributed by atoms with van der Waals surface area (Å²) in [5.74, 6) is -1.96. The average molecular weight is 425 g/mol. The highest BCUT2D eigenvalue weighted by atomic mass is 32.2. The number of rotatable bonds is 8. The first kappa shape index (κ1) is 21.3. The summed E-state index contributed by atoms with van der Waals surface area (Å²) in [5.41, 5.74) is 2.13. The van der Waals surface area contributed by atoms with Gasteiger partial charge in [-0.1, -0.05) is 6.07 Å². The lowest BCUT2D eigenvalue weighted by atomic mass is 9.99. The number of nitro groups is 1. The molecule has 1 N–H and O–H groups in total. The zero-order valence-corrected chi connectivity index (χ0v) is 16.4. The van der Waals surface area contributed by atoms with Crippen LogP contribution in [0.1, 0.15) is 24.0 Å². The van der Waals surface area contributed by atoms with Gasteiger partial charge >= 0.3 is 0 Å². The van der Waals surface area contributed by atoms with Crippen molar-refractivity contribution in [2.75, 3.05) is 19.6 Å². The van der Waals surface area contributed by atoms with Crippen LogP contribution in [0, 0.1) is 21.7 Å². The zero-order chi connectivity index (χ0) is 21.0. The van der Waals surface area contributed by atoms with E-state index >= 15 is 0 Å². The minimum atomic E-state index is -4.04. The Morgan fingerprint density at radius 2 is 1.90 bits per heavy atom. The van der Waals surface area contributed by atoms with E-state index in [0.29, 0.717) is 25.5 Å². The summed E-state index contributed by atoms with van der Waals surface area (Å²) < 4.78 is 53.1. The van der Waals surface area contributed by atoms with E-state index in [4.69, 9.17) is 0 Å². The number of nitro benzene ring substituents is 1. The number of unbranched alkanes of at least 4 members (excludes halogenated alkanes) is 1. The van der Waals surface area contributed by atoms with E-state index in [9.17, 15) is 27.3 Å². The maximum absolute atomic E-state index is 13.7. The van der Waals surface area contributed by atoms with Crippen LogP contribution in [-0.4, -0.2) is 37.9 Å². The molecule has 0 aliphatic carbocycles. The van der Waals surface area contributed by atoms with Crippen molar-refractivity contribution in [2.24, 2.45) is 0 Å². The fourth-order valence-corrected chi connectivity index (χ4v) is 4.48. The van der Waals surface area contributed by atoms with Crippen molar-refractivity contribution in [3.8, 4) is 0 Å². The van der Waals surface area contributed by atoms with Gasteiger partial charge in [-0.15, -0.1) is 0 Å². The third-order valence-corrected chi connectivity index (χ3v) is 6.36. The van der Waals surface area contributed by atoms with Crippen LogP contribution in [0.15, 0.2) is 41.3 Å². The Labute approximate surface area is 167 Å². The van der Waals surface area contributed by atoms with Gasteiger partial charge in [0.25, 0.3) is 5.69 Å². The van der Waals surface area contributed by atoms with Gasteiger partial charge < -0.3 is 0 Å². The summed E-state index contributed by atoms with van der Waals surface area (Å²) in [6.07, 6.45) is 2.06. The molecule has 0 spiro atoms. The van der Waals surface area contributed by atoms with Gasteiger partial charge in [-0.3, -0.25) is 15.0 Å². The smallest absolute Gasteiger partial charge is 0.269 e. The fraction of sp³-hybridized carbons (Fsp3) is 0.368. The molecule has 2 aromatic carbocycles. The molecule has 0 saturated carbocycles. The predicted octanol–water partition coefficient (Wildman–Crippen LogP) is 2.99. The highest BCUT2D eigenvalue weighted by Crippen LogP contribution is 2.24. The van der Waals surface area contributed by atoms with Gasteiger partial charge in [0.2, 0.25) is 10.0 Å². The van der Waals surface area contributed by atoms with E-state index in [1.165, 1.54) is 6.07 Å². The molecular weight excluding hydrogens is 404 g/mol. The first-order valence-electron chi connectivity index (χ1n) is 9.19. The third-order valence-electron chi connectivity index (χ3n) is 4.87. The number of hydrogen-bond acceptors (Lipinski definition) is 5. The Kier molecular flexibility index (Phi) is 6.56. The molecule has 0 atom stereocenters. The minimum Gasteiger partial charge on any atom is -0.299 e. The molecule has 0 bridgehead atoms. The lowest BCUT2D eigenvalue weighted by molar-refractivity contribution is -0.385. The molecule has 1 heterocycles. The molecule has 0 aromatic heterocycles. The van der Waals surface area contributed by atoms with E-state index in [1.54, 1.807) is 12.1 Å². The zero-order valence-electron chi connectivity index (χ0n) is 15.6. The Hall–Kier alpha value is -2.43. The summed E-state index contributed by atoms with van der Waals surface area (Å²) in [6.45, 7) is 2.30. The quantitative estimate of drug-likeness (QED) is 0.399. The van der Waals surface area contributed by atoms with Crippen molar-refractivity contribution in [2.45, 2.75) is 30.7 Å². The highest BCUT2D eigenvalue weighted by Gasteiger charge is 2.20. The van der Waals surface area contributed by atoms with Gasteiger partial charge in [0.1, 0.15) is 16.5 Å². The second-order valence-corrected chi connectivity index (χ2v) is 8.65. The molecule has 2 aromatic rings. The summed E-state index contributed by atoms with van der Waals surface area (Å²) in [4.78, 5) is 12.1. The second-order valence-electron chi connectivity index (χ2n) is 6.92. The molecule has 7 nitrogen and oxygen atoms in total. The number of sulfonamides is 1. The van der Waals surface area contributed by atoms with Crippen LogP contribution in [0.5, 0.6) is 0 Å². The molecule has 1 aliphatic rings. The molecule has 156 valence electrons. The van der Waals surface area contributed by atoms with Crippen molar-refractivity contribution in [3.05, 3.63) is 69.3 Å². The van der Waals surface area contributed by atoms with Crippen LogP contribution in [0.2, 0.25) is 0 Å². The van der Waals surface area contributed by atoms with Crippen molar-refractivity contribution in [3.63, 3.8) is 0 Å². The maximum atomic E-state index is 13.7. The number of halogens is 2.